The van der Waals surface area contributed by atoms with Gasteiger partial charge in [-0.25, -0.2) is 4.79 Å². The molecule has 31 heavy (non-hydrogen) atoms. The molecule has 0 fully saturated rings. The number of nitriles is 1. The standard InChI is InChI=1S/C24H20N4O3/c1-3-27-14-17(13-25)23(30)28(24(27)31)15-20(29)21-18-11-7-8-12-19(18)26(2)22(21)16-9-5-4-6-10-16/h4-12,14H,3,15H2,1-2H3. The fourth-order valence-corrected chi connectivity index (χ4v) is 3.93. The van der Waals surface area contributed by atoms with Crippen molar-refractivity contribution >= 4 is 16.7 Å². The summed E-state index contributed by atoms with van der Waals surface area (Å²) in [4.78, 5) is 38.9. The van der Waals surface area contributed by atoms with Crippen LogP contribution in [0.1, 0.15) is 22.8 Å². The SMILES string of the molecule is CCn1cc(C#N)c(=O)n(CC(=O)c2c(-c3ccccc3)n(C)c3ccccc23)c1=O. The first kappa shape index (κ1) is 20.1. The molecule has 2 aromatic heterocycles. The molecule has 0 unspecified atom stereocenters. The number of nitrogens with zero attached hydrogens (tertiary/aromatic N) is 4. The van der Waals surface area contributed by atoms with E-state index in [0.717, 1.165) is 21.0 Å². The van der Waals surface area contributed by atoms with Crippen LogP contribution in [0.25, 0.3) is 22.2 Å². The predicted molar refractivity (Wildman–Crippen MR) is 118 cm³/mol. The summed E-state index contributed by atoms with van der Waals surface area (Å²) < 4.78 is 4.05. The van der Waals surface area contributed by atoms with E-state index >= 15 is 0 Å². The van der Waals surface area contributed by atoms with Crippen LogP contribution in [0.4, 0.5) is 0 Å². The molecule has 154 valence electrons. The van der Waals surface area contributed by atoms with Gasteiger partial charge in [-0.05, 0) is 18.6 Å². The molecule has 4 rings (SSSR count). The van der Waals surface area contributed by atoms with Crippen LogP contribution in [0.3, 0.4) is 0 Å². The number of rotatable bonds is 5. The third-order valence-electron chi connectivity index (χ3n) is 5.43. The first-order chi connectivity index (χ1) is 15.0. The second kappa shape index (κ2) is 7.92. The molecule has 2 heterocycles. The maximum Gasteiger partial charge on any atom is 0.331 e. The van der Waals surface area contributed by atoms with E-state index in [-0.39, 0.29) is 17.9 Å². The minimum atomic E-state index is -0.757. The molecule has 0 aliphatic rings. The average Bonchev–Trinajstić information content (AvgIpc) is 3.10. The maximum atomic E-state index is 13.5. The Labute approximate surface area is 178 Å². The zero-order chi connectivity index (χ0) is 22.1. The molecule has 0 amide bonds. The molecule has 0 saturated carbocycles. The Morgan fingerprint density at radius 1 is 1.03 bits per heavy atom. The summed E-state index contributed by atoms with van der Waals surface area (Å²) >= 11 is 0. The molecule has 0 N–H and O–H groups in total. The lowest BCUT2D eigenvalue weighted by atomic mass is 10.0. The minimum absolute atomic E-state index is 0.171. The van der Waals surface area contributed by atoms with Gasteiger partial charge >= 0.3 is 5.69 Å². The molecule has 0 spiro atoms. The van der Waals surface area contributed by atoms with Crippen molar-refractivity contribution in [3.05, 3.63) is 92.8 Å². The first-order valence-corrected chi connectivity index (χ1v) is 9.88. The van der Waals surface area contributed by atoms with Crippen LogP contribution in [-0.4, -0.2) is 19.5 Å². The van der Waals surface area contributed by atoms with Gasteiger partial charge in [-0.1, -0.05) is 48.5 Å². The van der Waals surface area contributed by atoms with Crippen molar-refractivity contribution in [2.24, 2.45) is 7.05 Å². The number of aryl methyl sites for hydroxylation is 2. The summed E-state index contributed by atoms with van der Waals surface area (Å²) in [5.41, 5.74) is 1.35. The van der Waals surface area contributed by atoms with Crippen molar-refractivity contribution in [2.75, 3.05) is 0 Å². The van der Waals surface area contributed by atoms with Crippen molar-refractivity contribution in [1.82, 2.24) is 13.7 Å². The lowest BCUT2D eigenvalue weighted by molar-refractivity contribution is 0.0970. The number of ketones is 1. The van der Waals surface area contributed by atoms with E-state index < -0.39 is 17.8 Å². The number of hydrogen-bond acceptors (Lipinski definition) is 4. The summed E-state index contributed by atoms with van der Waals surface area (Å²) in [6, 6.07) is 18.8. The van der Waals surface area contributed by atoms with Crippen molar-refractivity contribution in [3.63, 3.8) is 0 Å². The summed E-state index contributed by atoms with van der Waals surface area (Å²) in [7, 11) is 1.88. The fraction of sp³-hybridized carbons (Fsp3) is 0.167. The number of aromatic nitrogens is 3. The second-order valence-corrected chi connectivity index (χ2v) is 7.20. The number of benzene rings is 2. The quantitative estimate of drug-likeness (QED) is 0.472. The summed E-state index contributed by atoms with van der Waals surface area (Å²) in [6.07, 6.45) is 1.24. The Bertz CT molecular complexity index is 1470. The van der Waals surface area contributed by atoms with Gasteiger partial charge in [-0.3, -0.25) is 18.7 Å². The monoisotopic (exact) mass is 412 g/mol. The molecule has 0 bridgehead atoms. The molecule has 0 aliphatic carbocycles. The Morgan fingerprint density at radius 3 is 2.39 bits per heavy atom. The van der Waals surface area contributed by atoms with Gasteiger partial charge in [0.25, 0.3) is 5.56 Å². The highest BCUT2D eigenvalue weighted by Gasteiger charge is 2.24. The van der Waals surface area contributed by atoms with Crippen LogP contribution in [-0.2, 0) is 20.1 Å². The number of fused-ring (bicyclic) bond motifs is 1. The minimum Gasteiger partial charge on any atom is -0.343 e. The smallest absolute Gasteiger partial charge is 0.331 e. The van der Waals surface area contributed by atoms with Crippen molar-refractivity contribution in [1.29, 1.82) is 5.26 Å². The Morgan fingerprint density at radius 2 is 1.71 bits per heavy atom. The average molecular weight is 412 g/mol. The highest BCUT2D eigenvalue weighted by molar-refractivity contribution is 6.13. The fourth-order valence-electron chi connectivity index (χ4n) is 3.93. The number of para-hydroxylation sites is 1. The number of carbonyl (C=O) groups is 1. The van der Waals surface area contributed by atoms with E-state index in [1.807, 2.05) is 72.3 Å². The number of hydrogen-bond donors (Lipinski definition) is 0. The van der Waals surface area contributed by atoms with Crippen LogP contribution >= 0.6 is 0 Å². The molecule has 0 aliphatic heterocycles. The van der Waals surface area contributed by atoms with E-state index in [1.165, 1.54) is 10.8 Å². The Hall–Kier alpha value is -4.18. The number of carbonyl (C=O) groups excluding carboxylic acids is 1. The van der Waals surface area contributed by atoms with Crippen molar-refractivity contribution in [2.45, 2.75) is 20.0 Å². The Kier molecular flexibility index (Phi) is 5.14. The van der Waals surface area contributed by atoms with Gasteiger partial charge in [-0.2, -0.15) is 5.26 Å². The van der Waals surface area contributed by atoms with Gasteiger partial charge in [0.2, 0.25) is 0 Å². The van der Waals surface area contributed by atoms with Gasteiger partial charge in [-0.15, -0.1) is 0 Å². The van der Waals surface area contributed by atoms with Gasteiger partial charge in [0.05, 0.1) is 17.8 Å². The molecule has 7 nitrogen and oxygen atoms in total. The first-order valence-electron chi connectivity index (χ1n) is 9.88. The molecule has 0 radical (unpaired) electrons. The van der Waals surface area contributed by atoms with Gasteiger partial charge < -0.3 is 4.57 Å². The van der Waals surface area contributed by atoms with Crippen LogP contribution in [0, 0.1) is 11.3 Å². The summed E-state index contributed by atoms with van der Waals surface area (Å²) in [5, 5.41) is 10.0. The lowest BCUT2D eigenvalue weighted by Gasteiger charge is -2.11. The zero-order valence-corrected chi connectivity index (χ0v) is 17.2. The van der Waals surface area contributed by atoms with Crippen LogP contribution in [0.15, 0.2) is 70.4 Å². The summed E-state index contributed by atoms with van der Waals surface area (Å²) in [6.45, 7) is 1.57. The molecule has 7 heteroatoms. The van der Waals surface area contributed by atoms with Crippen LogP contribution in [0.2, 0.25) is 0 Å². The van der Waals surface area contributed by atoms with Gasteiger partial charge in [0, 0.05) is 30.7 Å². The third-order valence-corrected chi connectivity index (χ3v) is 5.43. The maximum absolute atomic E-state index is 13.5. The highest BCUT2D eigenvalue weighted by atomic mass is 16.2. The zero-order valence-electron chi connectivity index (χ0n) is 17.2. The molecule has 0 atom stereocenters. The normalized spacial score (nSPS) is 10.9. The predicted octanol–water partition coefficient (Wildman–Crippen LogP) is 2.94. The molecular formula is C24H20N4O3. The van der Waals surface area contributed by atoms with Crippen molar-refractivity contribution in [3.8, 4) is 17.3 Å². The molecule has 0 saturated heterocycles. The van der Waals surface area contributed by atoms with Crippen molar-refractivity contribution < 1.29 is 4.79 Å². The third kappa shape index (κ3) is 3.28. The second-order valence-electron chi connectivity index (χ2n) is 7.20. The largest absolute Gasteiger partial charge is 0.343 e. The van der Waals surface area contributed by atoms with E-state index in [0.29, 0.717) is 11.3 Å². The van der Waals surface area contributed by atoms with E-state index in [4.69, 9.17) is 0 Å². The lowest BCUT2D eigenvalue weighted by Crippen LogP contribution is -2.42. The van der Waals surface area contributed by atoms with Gasteiger partial charge in [0.1, 0.15) is 11.6 Å². The van der Waals surface area contributed by atoms with E-state index in [2.05, 4.69) is 0 Å². The van der Waals surface area contributed by atoms with Crippen LogP contribution in [0.5, 0.6) is 0 Å². The highest BCUT2D eigenvalue weighted by Crippen LogP contribution is 2.33. The summed E-state index contributed by atoms with van der Waals surface area (Å²) in [5.74, 6) is -0.368. The van der Waals surface area contributed by atoms with Gasteiger partial charge in [0.15, 0.2) is 5.78 Å². The number of Topliss-reactive ketones (excluding diaryl/α,β-unsaturated/α-hetero) is 1. The molecule has 4 aromatic rings. The van der Waals surface area contributed by atoms with Crippen LogP contribution < -0.4 is 11.2 Å². The molecular weight excluding hydrogens is 392 g/mol. The van der Waals surface area contributed by atoms with E-state index in [9.17, 15) is 19.6 Å². The molecule has 2 aromatic carbocycles. The Balaban J connectivity index is 1.94. The topological polar surface area (TPSA) is 89.8 Å². The van der Waals surface area contributed by atoms with E-state index in [1.54, 1.807) is 6.92 Å².